The van der Waals surface area contributed by atoms with Gasteiger partial charge in [0.2, 0.25) is 0 Å². The number of rotatable bonds is 6. The lowest BCUT2D eigenvalue weighted by Crippen LogP contribution is -2.44. The Labute approximate surface area is 127 Å². The van der Waals surface area contributed by atoms with Gasteiger partial charge >= 0.3 is 0 Å². The van der Waals surface area contributed by atoms with E-state index in [2.05, 4.69) is 21.8 Å². The molecular weight excluding hydrogens is 264 g/mol. The van der Waals surface area contributed by atoms with Crippen LogP contribution < -0.4 is 4.90 Å². The number of nitrogens with zero attached hydrogens (tertiary/aromatic N) is 4. The molecule has 1 saturated carbocycles. The smallest absolute Gasteiger partial charge is 0.133 e. The van der Waals surface area contributed by atoms with Crippen molar-refractivity contribution in [3.63, 3.8) is 0 Å². The van der Waals surface area contributed by atoms with Crippen LogP contribution in [-0.2, 0) is 0 Å². The average molecular weight is 290 g/mol. The quantitative estimate of drug-likeness (QED) is 0.863. The van der Waals surface area contributed by atoms with Gasteiger partial charge in [0, 0.05) is 44.4 Å². The normalized spacial score (nSPS) is 20.2. The molecule has 1 N–H and O–H groups in total. The van der Waals surface area contributed by atoms with Crippen molar-refractivity contribution >= 4 is 5.82 Å². The topological polar surface area (TPSA) is 52.5 Å². The van der Waals surface area contributed by atoms with Crippen LogP contribution in [0.3, 0.4) is 0 Å². The van der Waals surface area contributed by atoms with Gasteiger partial charge < -0.3 is 14.9 Å². The van der Waals surface area contributed by atoms with E-state index < -0.39 is 0 Å². The molecule has 0 radical (unpaired) electrons. The summed E-state index contributed by atoms with van der Waals surface area (Å²) in [6.07, 6.45) is 7.63. The van der Waals surface area contributed by atoms with Gasteiger partial charge in [-0.3, -0.25) is 0 Å². The first-order valence-electron chi connectivity index (χ1n) is 8.17. The Morgan fingerprint density at radius 1 is 1.29 bits per heavy atom. The number of hydrogen-bond donors (Lipinski definition) is 1. The van der Waals surface area contributed by atoms with Crippen LogP contribution in [0, 0.1) is 0 Å². The number of aromatic nitrogens is 2. The Balaban J connectivity index is 1.54. The van der Waals surface area contributed by atoms with Gasteiger partial charge in [0.25, 0.3) is 0 Å². The highest BCUT2D eigenvalue weighted by molar-refractivity contribution is 5.38. The Hall–Kier alpha value is -1.20. The van der Waals surface area contributed by atoms with E-state index in [4.69, 9.17) is 10.1 Å². The van der Waals surface area contributed by atoms with Gasteiger partial charge in [-0.05, 0) is 45.2 Å². The van der Waals surface area contributed by atoms with E-state index in [0.717, 1.165) is 37.7 Å². The maximum absolute atomic E-state index is 8.93. The first kappa shape index (κ1) is 14.7. The molecule has 0 unspecified atom stereocenters. The molecule has 1 saturated heterocycles. The molecular formula is C16H26N4O. The monoisotopic (exact) mass is 290 g/mol. The maximum Gasteiger partial charge on any atom is 0.133 e. The SMILES string of the molecule is CN(CCCO)C1CCN(c2ccnc(C3CC3)n2)CC1. The molecule has 1 aliphatic heterocycles. The Morgan fingerprint density at radius 3 is 2.71 bits per heavy atom. The first-order chi connectivity index (χ1) is 10.3. The van der Waals surface area contributed by atoms with Gasteiger partial charge in [0.1, 0.15) is 11.6 Å². The van der Waals surface area contributed by atoms with E-state index in [1.54, 1.807) is 0 Å². The summed E-state index contributed by atoms with van der Waals surface area (Å²) in [5.41, 5.74) is 0. The number of aliphatic hydroxyl groups excluding tert-OH is 1. The molecule has 1 aromatic rings. The zero-order chi connectivity index (χ0) is 14.7. The predicted molar refractivity (Wildman–Crippen MR) is 83.6 cm³/mol. The highest BCUT2D eigenvalue weighted by Crippen LogP contribution is 2.38. The minimum atomic E-state index is 0.286. The van der Waals surface area contributed by atoms with Gasteiger partial charge in [0.15, 0.2) is 0 Å². The third-order valence-corrected chi connectivity index (χ3v) is 4.68. The molecule has 2 fully saturated rings. The van der Waals surface area contributed by atoms with Gasteiger partial charge in [-0.15, -0.1) is 0 Å². The van der Waals surface area contributed by atoms with Crippen molar-refractivity contribution < 1.29 is 5.11 Å². The standard InChI is InChI=1S/C16H26N4O/c1-19(9-2-12-21)14-6-10-20(11-7-14)15-5-8-17-16(18-15)13-3-4-13/h5,8,13-14,21H,2-4,6-7,9-12H2,1H3. The van der Waals surface area contributed by atoms with E-state index in [-0.39, 0.29) is 6.61 Å². The zero-order valence-electron chi connectivity index (χ0n) is 12.9. The van der Waals surface area contributed by atoms with Gasteiger partial charge in [-0.2, -0.15) is 0 Å². The molecule has 21 heavy (non-hydrogen) atoms. The Bertz CT molecular complexity index is 455. The molecule has 1 aromatic heterocycles. The van der Waals surface area contributed by atoms with Gasteiger partial charge in [-0.1, -0.05) is 0 Å². The lowest BCUT2D eigenvalue weighted by Gasteiger charge is -2.37. The van der Waals surface area contributed by atoms with Crippen molar-refractivity contribution in [2.45, 2.75) is 44.1 Å². The molecule has 2 heterocycles. The molecule has 5 nitrogen and oxygen atoms in total. The maximum atomic E-state index is 8.93. The van der Waals surface area contributed by atoms with Crippen LogP contribution in [0.15, 0.2) is 12.3 Å². The van der Waals surface area contributed by atoms with E-state index in [1.165, 1.54) is 25.7 Å². The Morgan fingerprint density at radius 2 is 2.05 bits per heavy atom. The fraction of sp³-hybridized carbons (Fsp3) is 0.750. The summed E-state index contributed by atoms with van der Waals surface area (Å²) in [5, 5.41) is 8.93. The molecule has 0 bridgehead atoms. The fourth-order valence-corrected chi connectivity index (χ4v) is 3.12. The van der Waals surface area contributed by atoms with Crippen molar-refractivity contribution in [3.05, 3.63) is 18.1 Å². The number of anilines is 1. The van der Waals surface area contributed by atoms with Crippen LogP contribution >= 0.6 is 0 Å². The molecule has 0 atom stereocenters. The second-order valence-corrected chi connectivity index (χ2v) is 6.32. The van der Waals surface area contributed by atoms with Crippen LogP contribution in [0.1, 0.15) is 43.8 Å². The van der Waals surface area contributed by atoms with Gasteiger partial charge in [0.05, 0.1) is 0 Å². The summed E-state index contributed by atoms with van der Waals surface area (Å²) in [4.78, 5) is 13.9. The Kier molecular flexibility index (Phi) is 4.70. The molecule has 0 amide bonds. The van der Waals surface area contributed by atoms with Crippen molar-refractivity contribution in [1.82, 2.24) is 14.9 Å². The average Bonchev–Trinajstić information content (AvgIpc) is 3.38. The van der Waals surface area contributed by atoms with Crippen LogP contribution in [0.25, 0.3) is 0 Å². The van der Waals surface area contributed by atoms with Crippen LogP contribution in [0.2, 0.25) is 0 Å². The first-order valence-corrected chi connectivity index (χ1v) is 8.17. The zero-order valence-corrected chi connectivity index (χ0v) is 12.9. The molecule has 3 rings (SSSR count). The van der Waals surface area contributed by atoms with Crippen LogP contribution in [0.5, 0.6) is 0 Å². The largest absolute Gasteiger partial charge is 0.396 e. The lowest BCUT2D eigenvalue weighted by atomic mass is 10.0. The highest BCUT2D eigenvalue weighted by Gasteiger charge is 2.28. The van der Waals surface area contributed by atoms with E-state index in [9.17, 15) is 0 Å². The van der Waals surface area contributed by atoms with Crippen molar-refractivity contribution in [2.75, 3.05) is 38.2 Å². The van der Waals surface area contributed by atoms with Crippen LogP contribution in [0.4, 0.5) is 5.82 Å². The second kappa shape index (κ2) is 6.71. The third kappa shape index (κ3) is 3.71. The molecule has 1 aliphatic carbocycles. The van der Waals surface area contributed by atoms with Gasteiger partial charge in [-0.25, -0.2) is 9.97 Å². The summed E-state index contributed by atoms with van der Waals surface area (Å²) in [6.45, 7) is 3.40. The predicted octanol–water partition coefficient (Wildman–Crippen LogP) is 1.64. The molecule has 116 valence electrons. The number of hydrogen-bond acceptors (Lipinski definition) is 5. The number of piperidine rings is 1. The molecule has 2 aliphatic rings. The minimum Gasteiger partial charge on any atom is -0.396 e. The molecule has 0 spiro atoms. The summed E-state index contributed by atoms with van der Waals surface area (Å²) < 4.78 is 0. The van der Waals surface area contributed by atoms with E-state index in [1.807, 2.05) is 12.3 Å². The van der Waals surface area contributed by atoms with E-state index >= 15 is 0 Å². The van der Waals surface area contributed by atoms with Crippen molar-refractivity contribution in [1.29, 1.82) is 0 Å². The second-order valence-electron chi connectivity index (χ2n) is 6.32. The minimum absolute atomic E-state index is 0.286. The highest BCUT2D eigenvalue weighted by atomic mass is 16.3. The van der Waals surface area contributed by atoms with E-state index in [0.29, 0.717) is 12.0 Å². The molecule has 0 aromatic carbocycles. The lowest BCUT2D eigenvalue weighted by molar-refractivity contribution is 0.184. The van der Waals surface area contributed by atoms with Crippen LogP contribution in [-0.4, -0.2) is 59.3 Å². The molecule has 5 heteroatoms. The summed E-state index contributed by atoms with van der Waals surface area (Å²) in [6, 6.07) is 2.68. The van der Waals surface area contributed by atoms with Crippen molar-refractivity contribution in [3.8, 4) is 0 Å². The fourth-order valence-electron chi connectivity index (χ4n) is 3.12. The number of aliphatic hydroxyl groups is 1. The summed E-state index contributed by atoms with van der Waals surface area (Å²) in [7, 11) is 2.17. The summed E-state index contributed by atoms with van der Waals surface area (Å²) >= 11 is 0. The summed E-state index contributed by atoms with van der Waals surface area (Å²) in [5.74, 6) is 2.75. The van der Waals surface area contributed by atoms with Crippen molar-refractivity contribution in [2.24, 2.45) is 0 Å². The third-order valence-electron chi connectivity index (χ3n) is 4.68.